The highest BCUT2D eigenvalue weighted by Crippen LogP contribution is 2.17. The number of carbonyl (C=O) groups excluding carboxylic acids is 1. The lowest BCUT2D eigenvalue weighted by molar-refractivity contribution is 0.0934. The van der Waals surface area contributed by atoms with Crippen molar-refractivity contribution in [2.45, 2.75) is 40.2 Å². The third-order valence-electron chi connectivity index (χ3n) is 3.73. The number of aromatic nitrogens is 4. The Morgan fingerprint density at radius 3 is 2.61 bits per heavy atom. The molecule has 0 aliphatic rings. The van der Waals surface area contributed by atoms with E-state index in [0.717, 1.165) is 23.4 Å². The lowest BCUT2D eigenvalue weighted by atomic mass is 10.1. The Morgan fingerprint density at radius 1 is 1.35 bits per heavy atom. The van der Waals surface area contributed by atoms with Gasteiger partial charge in [-0.2, -0.15) is 5.10 Å². The molecule has 0 saturated heterocycles. The van der Waals surface area contributed by atoms with E-state index in [1.54, 1.807) is 16.9 Å². The summed E-state index contributed by atoms with van der Waals surface area (Å²) in [7, 11) is 1.87. The maximum Gasteiger partial charge on any atom is 0.270 e. The molecular weight excluding hydrogens is 292 g/mol. The van der Waals surface area contributed by atoms with E-state index in [1.165, 1.54) is 0 Å². The monoisotopic (exact) mass is 316 g/mol. The number of carbonyl (C=O) groups is 1. The van der Waals surface area contributed by atoms with Gasteiger partial charge in [0.15, 0.2) is 0 Å². The van der Waals surface area contributed by atoms with Gasteiger partial charge in [-0.05, 0) is 32.3 Å². The number of nitrogen functional groups attached to an aromatic ring is 1. The normalized spacial score (nSPS) is 12.4. The van der Waals surface area contributed by atoms with E-state index >= 15 is 0 Å². The van der Waals surface area contributed by atoms with Crippen LogP contribution in [0.15, 0.2) is 12.3 Å². The Kier molecular flexibility index (Phi) is 4.98. The summed E-state index contributed by atoms with van der Waals surface area (Å²) in [5.41, 5.74) is 8.79. The van der Waals surface area contributed by atoms with Gasteiger partial charge in [0.05, 0.1) is 12.2 Å². The molecule has 0 aromatic carbocycles. The van der Waals surface area contributed by atoms with Gasteiger partial charge in [-0.1, -0.05) is 13.8 Å². The number of hydrogen-bond donors (Lipinski definition) is 2. The number of rotatable bonds is 5. The maximum absolute atomic E-state index is 12.5. The standard InChI is InChI=1S/C16H24N6O/c1-9(2)6-12-7-14(21-16(17)20-12)15(23)19-10(3)13-8-18-22(5)11(13)4/h7-10H,6H2,1-5H3,(H,19,23)(H2,17,20,21). The van der Waals surface area contributed by atoms with E-state index in [2.05, 4.69) is 34.2 Å². The highest BCUT2D eigenvalue weighted by Gasteiger charge is 2.17. The molecule has 0 spiro atoms. The minimum Gasteiger partial charge on any atom is -0.368 e. The van der Waals surface area contributed by atoms with Gasteiger partial charge >= 0.3 is 0 Å². The molecule has 1 amide bonds. The Labute approximate surface area is 136 Å². The van der Waals surface area contributed by atoms with Crippen LogP contribution >= 0.6 is 0 Å². The number of aryl methyl sites for hydroxylation is 1. The van der Waals surface area contributed by atoms with Crippen LogP contribution < -0.4 is 11.1 Å². The molecule has 0 fully saturated rings. The van der Waals surface area contributed by atoms with E-state index in [0.29, 0.717) is 11.6 Å². The van der Waals surface area contributed by atoms with E-state index in [4.69, 9.17) is 5.73 Å². The van der Waals surface area contributed by atoms with Gasteiger partial charge < -0.3 is 11.1 Å². The van der Waals surface area contributed by atoms with Gasteiger partial charge in [0.25, 0.3) is 5.91 Å². The molecular formula is C16H24N6O. The molecule has 124 valence electrons. The number of nitrogens with one attached hydrogen (secondary N) is 1. The molecule has 3 N–H and O–H groups in total. The van der Waals surface area contributed by atoms with Crippen LogP contribution in [0.1, 0.15) is 54.3 Å². The van der Waals surface area contributed by atoms with Crippen molar-refractivity contribution in [1.29, 1.82) is 0 Å². The third kappa shape index (κ3) is 4.06. The Morgan fingerprint density at radius 2 is 2.04 bits per heavy atom. The van der Waals surface area contributed by atoms with Crippen molar-refractivity contribution in [2.24, 2.45) is 13.0 Å². The van der Waals surface area contributed by atoms with Crippen LogP contribution in [-0.4, -0.2) is 25.7 Å². The van der Waals surface area contributed by atoms with E-state index in [9.17, 15) is 4.79 Å². The van der Waals surface area contributed by atoms with Crippen LogP contribution in [-0.2, 0) is 13.5 Å². The smallest absolute Gasteiger partial charge is 0.270 e. The molecule has 7 heteroatoms. The topological polar surface area (TPSA) is 98.7 Å². The minimum atomic E-state index is -0.264. The van der Waals surface area contributed by atoms with Gasteiger partial charge in [-0.25, -0.2) is 9.97 Å². The predicted octanol–water partition coefficient (Wildman–Crippen LogP) is 1.79. The molecule has 0 bridgehead atoms. The molecule has 2 rings (SSSR count). The second-order valence-electron chi connectivity index (χ2n) is 6.20. The number of hydrogen-bond acceptors (Lipinski definition) is 5. The Bertz CT molecular complexity index is 707. The summed E-state index contributed by atoms with van der Waals surface area (Å²) in [5.74, 6) is 0.288. The summed E-state index contributed by atoms with van der Waals surface area (Å²) in [5, 5.41) is 7.13. The lowest BCUT2D eigenvalue weighted by Gasteiger charge is -2.14. The largest absolute Gasteiger partial charge is 0.368 e. The van der Waals surface area contributed by atoms with E-state index in [-0.39, 0.29) is 17.9 Å². The van der Waals surface area contributed by atoms with Crippen LogP contribution in [0.5, 0.6) is 0 Å². The number of amides is 1. The van der Waals surface area contributed by atoms with Gasteiger partial charge in [0.2, 0.25) is 5.95 Å². The van der Waals surface area contributed by atoms with Gasteiger partial charge in [0.1, 0.15) is 5.69 Å². The van der Waals surface area contributed by atoms with Crippen LogP contribution in [0.4, 0.5) is 5.95 Å². The predicted molar refractivity (Wildman–Crippen MR) is 88.8 cm³/mol. The van der Waals surface area contributed by atoms with Crippen molar-refractivity contribution in [1.82, 2.24) is 25.1 Å². The SMILES string of the molecule is Cc1c(C(C)NC(=O)c2cc(CC(C)C)nc(N)n2)cnn1C. The number of anilines is 1. The summed E-state index contributed by atoms with van der Waals surface area (Å²) in [6.45, 7) is 8.06. The van der Waals surface area contributed by atoms with Crippen LogP contribution in [0.2, 0.25) is 0 Å². The maximum atomic E-state index is 12.5. The molecule has 0 aliphatic heterocycles. The first-order valence-electron chi connectivity index (χ1n) is 7.70. The zero-order valence-corrected chi connectivity index (χ0v) is 14.3. The minimum absolute atomic E-state index is 0.124. The average Bonchev–Trinajstić information content (AvgIpc) is 2.77. The summed E-state index contributed by atoms with van der Waals surface area (Å²) in [6, 6.07) is 1.54. The van der Waals surface area contributed by atoms with E-state index in [1.807, 2.05) is 20.9 Å². The molecule has 1 atom stereocenters. The Balaban J connectivity index is 2.17. The highest BCUT2D eigenvalue weighted by atomic mass is 16.1. The number of nitrogens with two attached hydrogens (primary N) is 1. The fraction of sp³-hybridized carbons (Fsp3) is 0.500. The third-order valence-corrected chi connectivity index (χ3v) is 3.73. The van der Waals surface area contributed by atoms with Gasteiger partial charge in [-0.15, -0.1) is 0 Å². The molecule has 0 aliphatic carbocycles. The second-order valence-corrected chi connectivity index (χ2v) is 6.20. The molecule has 23 heavy (non-hydrogen) atoms. The quantitative estimate of drug-likeness (QED) is 0.876. The molecule has 2 aromatic heterocycles. The fourth-order valence-corrected chi connectivity index (χ4v) is 2.45. The van der Waals surface area contributed by atoms with Gasteiger partial charge in [0, 0.05) is 24.0 Å². The van der Waals surface area contributed by atoms with Crippen molar-refractivity contribution >= 4 is 11.9 Å². The molecule has 7 nitrogen and oxygen atoms in total. The summed E-state index contributed by atoms with van der Waals surface area (Å²) >= 11 is 0. The molecule has 0 saturated carbocycles. The first kappa shape index (κ1) is 16.9. The van der Waals surface area contributed by atoms with Crippen molar-refractivity contribution in [3.05, 3.63) is 34.9 Å². The first-order valence-corrected chi connectivity index (χ1v) is 7.70. The van der Waals surface area contributed by atoms with Crippen molar-refractivity contribution in [2.75, 3.05) is 5.73 Å². The molecule has 2 aromatic rings. The van der Waals surface area contributed by atoms with Crippen molar-refractivity contribution in [3.8, 4) is 0 Å². The Hall–Kier alpha value is -2.44. The first-order chi connectivity index (χ1) is 10.8. The number of nitrogens with zero attached hydrogens (tertiary/aromatic N) is 4. The summed E-state index contributed by atoms with van der Waals surface area (Å²) < 4.78 is 1.78. The highest BCUT2D eigenvalue weighted by molar-refractivity contribution is 5.92. The molecule has 1 unspecified atom stereocenters. The van der Waals surface area contributed by atoms with Gasteiger partial charge in [-0.3, -0.25) is 9.48 Å². The van der Waals surface area contributed by atoms with Crippen LogP contribution in [0.25, 0.3) is 0 Å². The fourth-order valence-electron chi connectivity index (χ4n) is 2.45. The molecule has 2 heterocycles. The lowest BCUT2D eigenvalue weighted by Crippen LogP contribution is -2.28. The zero-order valence-electron chi connectivity index (χ0n) is 14.3. The van der Waals surface area contributed by atoms with Crippen molar-refractivity contribution in [3.63, 3.8) is 0 Å². The summed E-state index contributed by atoms with van der Waals surface area (Å²) in [6.07, 6.45) is 2.52. The van der Waals surface area contributed by atoms with Crippen LogP contribution in [0.3, 0.4) is 0 Å². The molecule has 0 radical (unpaired) electrons. The average molecular weight is 316 g/mol. The van der Waals surface area contributed by atoms with Crippen molar-refractivity contribution < 1.29 is 4.79 Å². The zero-order chi connectivity index (χ0) is 17.1. The van der Waals surface area contributed by atoms with Crippen LogP contribution in [0, 0.1) is 12.8 Å². The summed E-state index contributed by atoms with van der Waals surface area (Å²) in [4.78, 5) is 20.7. The van der Waals surface area contributed by atoms with E-state index < -0.39 is 0 Å². The second kappa shape index (κ2) is 6.76.